The highest BCUT2D eigenvalue weighted by Gasteiger charge is 2.11. The number of halogens is 1. The molecule has 2 aromatic carbocycles. The van der Waals surface area contributed by atoms with Crippen molar-refractivity contribution >= 4 is 31.6 Å². The summed E-state index contributed by atoms with van der Waals surface area (Å²) in [6.45, 7) is 4.10. The molecule has 2 aromatic rings. The predicted molar refractivity (Wildman–Crippen MR) is 97.6 cm³/mol. The first kappa shape index (κ1) is 17.8. The van der Waals surface area contributed by atoms with E-state index in [0.717, 1.165) is 16.5 Å². The maximum atomic E-state index is 12.1. The molecule has 1 N–H and O–H groups in total. The molecule has 0 aliphatic heterocycles. The van der Waals surface area contributed by atoms with Gasteiger partial charge in [0.25, 0.3) is 0 Å². The summed E-state index contributed by atoms with van der Waals surface area (Å²) in [7, 11) is -3.44. The van der Waals surface area contributed by atoms with E-state index in [1.807, 2.05) is 37.3 Å². The summed E-state index contributed by atoms with van der Waals surface area (Å²) in [6, 6.07) is 13.0. The molecule has 0 aliphatic carbocycles. The fraction of sp³-hybridized carbons (Fsp3) is 0.294. The quantitative estimate of drug-likeness (QED) is 0.763. The average molecular weight is 398 g/mol. The molecule has 124 valence electrons. The van der Waals surface area contributed by atoms with E-state index in [0.29, 0.717) is 11.4 Å². The zero-order valence-electron chi connectivity index (χ0n) is 13.2. The smallest absolute Gasteiger partial charge is 0.236 e. The second kappa shape index (κ2) is 7.84. The van der Waals surface area contributed by atoms with Crippen LogP contribution >= 0.6 is 15.9 Å². The number of rotatable bonds is 7. The van der Waals surface area contributed by atoms with Crippen LogP contribution in [0.4, 0.5) is 5.69 Å². The molecule has 0 fully saturated rings. The van der Waals surface area contributed by atoms with Gasteiger partial charge in [-0.15, -0.1) is 0 Å². The second-order valence-corrected chi connectivity index (χ2v) is 7.93. The molecule has 0 bridgehead atoms. The summed E-state index contributed by atoms with van der Waals surface area (Å²) in [5.74, 6) is 0.578. The molecule has 0 spiro atoms. The molecule has 0 saturated carbocycles. The fourth-order valence-electron chi connectivity index (χ4n) is 2.03. The topological polar surface area (TPSA) is 55.4 Å². The third kappa shape index (κ3) is 5.55. The van der Waals surface area contributed by atoms with Crippen LogP contribution in [-0.4, -0.2) is 20.8 Å². The van der Waals surface area contributed by atoms with Crippen molar-refractivity contribution in [2.24, 2.45) is 0 Å². The molecule has 0 aromatic heterocycles. The molecule has 2 rings (SSSR count). The number of benzene rings is 2. The molecule has 23 heavy (non-hydrogen) atoms. The fourth-order valence-corrected chi connectivity index (χ4v) is 3.17. The Balaban J connectivity index is 1.89. The molecule has 0 saturated heterocycles. The number of anilines is 1. The van der Waals surface area contributed by atoms with E-state index in [9.17, 15) is 8.42 Å². The van der Waals surface area contributed by atoms with Crippen LogP contribution in [0.1, 0.15) is 18.1 Å². The van der Waals surface area contributed by atoms with E-state index >= 15 is 0 Å². The molecule has 0 atom stereocenters. The number of ether oxygens (including phenoxy) is 1. The lowest BCUT2D eigenvalue weighted by atomic mass is 10.2. The number of sulfonamides is 1. The van der Waals surface area contributed by atoms with Gasteiger partial charge in [0.15, 0.2) is 0 Å². The van der Waals surface area contributed by atoms with Gasteiger partial charge < -0.3 is 4.74 Å². The van der Waals surface area contributed by atoms with Gasteiger partial charge in [-0.2, -0.15) is 0 Å². The van der Waals surface area contributed by atoms with Crippen LogP contribution in [0.5, 0.6) is 5.75 Å². The van der Waals surface area contributed by atoms with Gasteiger partial charge >= 0.3 is 0 Å². The monoisotopic (exact) mass is 397 g/mol. The standard InChI is InChI=1S/C17H20BrNO3S/c1-3-14-4-7-16(8-5-14)22-10-11-23(20,21)19-15-6-9-17(18)13(2)12-15/h4-9,12,19H,3,10-11H2,1-2H3. The third-order valence-electron chi connectivity index (χ3n) is 3.38. The van der Waals surface area contributed by atoms with Gasteiger partial charge in [0.05, 0.1) is 0 Å². The Bertz CT molecular complexity index is 758. The highest BCUT2D eigenvalue weighted by molar-refractivity contribution is 9.10. The summed E-state index contributed by atoms with van der Waals surface area (Å²) < 4.78 is 33.2. The number of nitrogens with one attached hydrogen (secondary N) is 1. The number of hydrogen-bond donors (Lipinski definition) is 1. The zero-order valence-corrected chi connectivity index (χ0v) is 15.6. The molecule has 0 unspecified atom stereocenters. The maximum absolute atomic E-state index is 12.1. The SMILES string of the molecule is CCc1ccc(OCCS(=O)(=O)Nc2ccc(Br)c(C)c2)cc1. The summed E-state index contributed by atoms with van der Waals surface area (Å²) >= 11 is 3.39. The van der Waals surface area contributed by atoms with Gasteiger partial charge in [-0.3, -0.25) is 4.72 Å². The van der Waals surface area contributed by atoms with Crippen LogP contribution in [0.3, 0.4) is 0 Å². The Morgan fingerprint density at radius 1 is 1.13 bits per heavy atom. The van der Waals surface area contributed by atoms with Crippen LogP contribution in [0.25, 0.3) is 0 Å². The first-order valence-electron chi connectivity index (χ1n) is 7.38. The Labute approximate surface area is 146 Å². The zero-order chi connectivity index (χ0) is 16.9. The van der Waals surface area contributed by atoms with Gasteiger partial charge in [0, 0.05) is 10.2 Å². The van der Waals surface area contributed by atoms with Crippen LogP contribution in [0.2, 0.25) is 0 Å². The Kier molecular flexibility index (Phi) is 6.07. The second-order valence-electron chi connectivity index (χ2n) is 5.23. The van der Waals surface area contributed by atoms with Crippen LogP contribution in [0.15, 0.2) is 46.9 Å². The lowest BCUT2D eigenvalue weighted by Crippen LogP contribution is -2.21. The molecule has 6 heteroatoms. The molecular formula is C17H20BrNO3S. The van der Waals surface area contributed by atoms with Gasteiger partial charge in [-0.25, -0.2) is 8.42 Å². The molecule has 0 radical (unpaired) electrons. The van der Waals surface area contributed by atoms with Gasteiger partial charge in [-0.05, 0) is 54.8 Å². The van der Waals surface area contributed by atoms with Crippen molar-refractivity contribution < 1.29 is 13.2 Å². The molecule has 0 aliphatic rings. The minimum atomic E-state index is -3.44. The Morgan fingerprint density at radius 3 is 2.43 bits per heavy atom. The van der Waals surface area contributed by atoms with E-state index in [2.05, 4.69) is 27.6 Å². The molecular weight excluding hydrogens is 378 g/mol. The molecule has 4 nitrogen and oxygen atoms in total. The third-order valence-corrected chi connectivity index (χ3v) is 5.52. The van der Waals surface area contributed by atoms with Crippen molar-refractivity contribution in [2.75, 3.05) is 17.1 Å². The van der Waals surface area contributed by atoms with Gasteiger partial charge in [0.1, 0.15) is 18.1 Å². The first-order chi connectivity index (χ1) is 10.9. The van der Waals surface area contributed by atoms with Crippen LogP contribution in [0, 0.1) is 6.92 Å². The van der Waals surface area contributed by atoms with Crippen molar-refractivity contribution in [3.8, 4) is 5.75 Å². The van der Waals surface area contributed by atoms with Crippen LogP contribution < -0.4 is 9.46 Å². The Hall–Kier alpha value is -1.53. The minimum Gasteiger partial charge on any atom is -0.492 e. The van der Waals surface area contributed by atoms with Gasteiger partial charge in [-0.1, -0.05) is 35.0 Å². The highest BCUT2D eigenvalue weighted by atomic mass is 79.9. The molecule has 0 heterocycles. The first-order valence-corrected chi connectivity index (χ1v) is 9.82. The largest absolute Gasteiger partial charge is 0.492 e. The van der Waals surface area contributed by atoms with E-state index in [1.165, 1.54) is 5.56 Å². The lowest BCUT2D eigenvalue weighted by molar-refractivity contribution is 0.341. The average Bonchev–Trinajstić information content (AvgIpc) is 2.51. The van der Waals surface area contributed by atoms with E-state index < -0.39 is 10.0 Å². The number of aryl methyl sites for hydroxylation is 2. The summed E-state index contributed by atoms with van der Waals surface area (Å²) in [4.78, 5) is 0. The van der Waals surface area contributed by atoms with Crippen molar-refractivity contribution in [3.63, 3.8) is 0 Å². The van der Waals surface area contributed by atoms with Gasteiger partial charge in [0.2, 0.25) is 10.0 Å². The van der Waals surface area contributed by atoms with E-state index in [1.54, 1.807) is 12.1 Å². The highest BCUT2D eigenvalue weighted by Crippen LogP contribution is 2.21. The maximum Gasteiger partial charge on any atom is 0.236 e. The number of hydrogen-bond acceptors (Lipinski definition) is 3. The summed E-state index contributed by atoms with van der Waals surface area (Å²) in [5.41, 5.74) is 2.74. The summed E-state index contributed by atoms with van der Waals surface area (Å²) in [6.07, 6.45) is 0.963. The lowest BCUT2D eigenvalue weighted by Gasteiger charge is -2.10. The normalized spacial score (nSPS) is 11.3. The Morgan fingerprint density at radius 2 is 1.83 bits per heavy atom. The van der Waals surface area contributed by atoms with Crippen molar-refractivity contribution in [1.82, 2.24) is 0 Å². The van der Waals surface area contributed by atoms with Crippen molar-refractivity contribution in [2.45, 2.75) is 20.3 Å². The minimum absolute atomic E-state index is 0.0996. The van der Waals surface area contributed by atoms with E-state index in [-0.39, 0.29) is 12.4 Å². The van der Waals surface area contributed by atoms with E-state index in [4.69, 9.17) is 4.74 Å². The predicted octanol–water partition coefficient (Wildman–Crippen LogP) is 4.14. The molecule has 0 amide bonds. The van der Waals surface area contributed by atoms with Crippen molar-refractivity contribution in [3.05, 3.63) is 58.1 Å². The van der Waals surface area contributed by atoms with Crippen molar-refractivity contribution in [1.29, 1.82) is 0 Å². The van der Waals surface area contributed by atoms with Crippen LogP contribution in [-0.2, 0) is 16.4 Å². The summed E-state index contributed by atoms with van der Waals surface area (Å²) in [5, 5.41) is 0.